The molecule has 0 amide bonds. The van der Waals surface area contributed by atoms with E-state index in [1.54, 1.807) is 6.20 Å². The van der Waals surface area contributed by atoms with E-state index in [1.165, 1.54) is 12.8 Å². The summed E-state index contributed by atoms with van der Waals surface area (Å²) in [5.74, 6) is 0.863. The molecular formula is C11H15BrClN3. The van der Waals surface area contributed by atoms with Crippen molar-refractivity contribution in [3.8, 4) is 0 Å². The first-order chi connectivity index (χ1) is 7.75. The molecule has 1 aliphatic rings. The Bertz CT molecular complexity index is 353. The quantitative estimate of drug-likeness (QED) is 0.898. The lowest BCUT2D eigenvalue weighted by molar-refractivity contribution is 0.574. The molecule has 16 heavy (non-hydrogen) atoms. The van der Waals surface area contributed by atoms with Crippen molar-refractivity contribution >= 4 is 33.3 Å². The number of pyridine rings is 1. The fourth-order valence-corrected chi connectivity index (χ4v) is 2.69. The Kier molecular flexibility index (Phi) is 4.44. The molecule has 0 aromatic carbocycles. The van der Waals surface area contributed by atoms with E-state index in [4.69, 9.17) is 11.6 Å². The summed E-state index contributed by atoms with van der Waals surface area (Å²) in [4.78, 5) is 4.23. The Balaban J connectivity index is 1.80. The van der Waals surface area contributed by atoms with Gasteiger partial charge in [0.1, 0.15) is 5.82 Å². The summed E-state index contributed by atoms with van der Waals surface area (Å²) >= 11 is 9.26. The van der Waals surface area contributed by atoms with E-state index in [0.717, 1.165) is 29.8 Å². The first kappa shape index (κ1) is 12.1. The number of anilines is 1. The molecule has 1 aliphatic heterocycles. The molecule has 3 nitrogen and oxygen atoms in total. The summed E-state index contributed by atoms with van der Waals surface area (Å²) in [7, 11) is 0. The lowest BCUT2D eigenvalue weighted by Crippen LogP contribution is -2.24. The Morgan fingerprint density at radius 1 is 1.62 bits per heavy atom. The number of aromatic nitrogens is 1. The fraction of sp³-hybridized carbons (Fsp3) is 0.545. The van der Waals surface area contributed by atoms with Gasteiger partial charge in [-0.15, -0.1) is 0 Å². The standard InChI is InChI=1S/C11H15BrClN3/c12-10-6-8(13)7-16-11(10)15-5-3-9-2-1-4-14-9/h6-7,9,14H,1-5H2,(H,15,16)/t9-/m1/s1. The van der Waals surface area contributed by atoms with E-state index in [1.807, 2.05) is 6.07 Å². The van der Waals surface area contributed by atoms with Gasteiger partial charge in [0.05, 0.1) is 9.50 Å². The van der Waals surface area contributed by atoms with E-state index in [9.17, 15) is 0 Å². The van der Waals surface area contributed by atoms with Crippen LogP contribution in [0.1, 0.15) is 19.3 Å². The molecule has 2 N–H and O–H groups in total. The highest BCUT2D eigenvalue weighted by Gasteiger charge is 2.13. The van der Waals surface area contributed by atoms with E-state index < -0.39 is 0 Å². The number of halogens is 2. The molecule has 1 aromatic rings. The minimum absolute atomic E-state index is 0.648. The van der Waals surface area contributed by atoms with Gasteiger partial charge in [-0.05, 0) is 47.8 Å². The summed E-state index contributed by atoms with van der Waals surface area (Å²) in [6.45, 7) is 2.10. The number of nitrogens with one attached hydrogen (secondary N) is 2. The summed E-state index contributed by atoms with van der Waals surface area (Å²) in [6.07, 6.45) is 5.38. The zero-order valence-electron chi connectivity index (χ0n) is 8.97. The second-order valence-electron chi connectivity index (χ2n) is 3.99. The maximum atomic E-state index is 5.82. The summed E-state index contributed by atoms with van der Waals surface area (Å²) < 4.78 is 0.916. The third kappa shape index (κ3) is 3.34. The van der Waals surface area contributed by atoms with Gasteiger partial charge in [-0.1, -0.05) is 11.6 Å². The Hall–Kier alpha value is -0.320. The highest BCUT2D eigenvalue weighted by molar-refractivity contribution is 9.10. The van der Waals surface area contributed by atoms with Gasteiger partial charge in [-0.25, -0.2) is 4.98 Å². The average molecular weight is 305 g/mol. The van der Waals surface area contributed by atoms with Crippen LogP contribution in [-0.2, 0) is 0 Å². The van der Waals surface area contributed by atoms with Gasteiger partial charge in [-0.3, -0.25) is 0 Å². The molecule has 1 fully saturated rings. The van der Waals surface area contributed by atoms with Crippen molar-refractivity contribution in [1.82, 2.24) is 10.3 Å². The molecule has 1 saturated heterocycles. The minimum Gasteiger partial charge on any atom is -0.369 e. The normalized spacial score (nSPS) is 20.0. The van der Waals surface area contributed by atoms with Gasteiger partial charge in [0.25, 0.3) is 0 Å². The van der Waals surface area contributed by atoms with Crippen molar-refractivity contribution in [3.63, 3.8) is 0 Å². The summed E-state index contributed by atoms with van der Waals surface area (Å²) in [6, 6.07) is 2.52. The fourth-order valence-electron chi connectivity index (χ4n) is 1.91. The lowest BCUT2D eigenvalue weighted by atomic mass is 10.1. The average Bonchev–Trinajstić information content (AvgIpc) is 2.74. The minimum atomic E-state index is 0.648. The predicted molar refractivity (Wildman–Crippen MR) is 71.1 cm³/mol. The van der Waals surface area contributed by atoms with Gasteiger partial charge in [0.15, 0.2) is 0 Å². The van der Waals surface area contributed by atoms with E-state index >= 15 is 0 Å². The van der Waals surface area contributed by atoms with Crippen molar-refractivity contribution in [2.24, 2.45) is 0 Å². The lowest BCUT2D eigenvalue weighted by Gasteiger charge is -2.11. The SMILES string of the molecule is Clc1cnc(NCC[C@H]2CCCN2)c(Br)c1. The van der Waals surface area contributed by atoms with Crippen molar-refractivity contribution in [2.45, 2.75) is 25.3 Å². The largest absolute Gasteiger partial charge is 0.369 e. The van der Waals surface area contributed by atoms with Gasteiger partial charge < -0.3 is 10.6 Å². The van der Waals surface area contributed by atoms with Crippen LogP contribution in [0.2, 0.25) is 5.02 Å². The number of nitrogens with zero attached hydrogens (tertiary/aromatic N) is 1. The smallest absolute Gasteiger partial charge is 0.140 e. The van der Waals surface area contributed by atoms with Crippen LogP contribution in [0.5, 0.6) is 0 Å². The van der Waals surface area contributed by atoms with Gasteiger partial charge in [0.2, 0.25) is 0 Å². The van der Waals surface area contributed by atoms with Crippen LogP contribution in [0.3, 0.4) is 0 Å². The molecule has 0 saturated carbocycles. The van der Waals surface area contributed by atoms with Gasteiger partial charge >= 0.3 is 0 Å². The van der Waals surface area contributed by atoms with E-state index in [0.29, 0.717) is 11.1 Å². The first-order valence-electron chi connectivity index (χ1n) is 5.54. The predicted octanol–water partition coefficient (Wildman–Crippen LogP) is 3.05. The maximum absolute atomic E-state index is 5.82. The topological polar surface area (TPSA) is 37.0 Å². The molecule has 88 valence electrons. The van der Waals surface area contributed by atoms with Crippen LogP contribution in [-0.4, -0.2) is 24.1 Å². The van der Waals surface area contributed by atoms with Crippen molar-refractivity contribution in [2.75, 3.05) is 18.4 Å². The second-order valence-corrected chi connectivity index (χ2v) is 5.28. The zero-order valence-corrected chi connectivity index (χ0v) is 11.3. The molecule has 0 aliphatic carbocycles. The maximum Gasteiger partial charge on any atom is 0.140 e. The Morgan fingerprint density at radius 2 is 2.50 bits per heavy atom. The van der Waals surface area contributed by atoms with Crippen molar-refractivity contribution in [3.05, 3.63) is 21.8 Å². The second kappa shape index (κ2) is 5.84. The molecule has 0 bridgehead atoms. The van der Waals surface area contributed by atoms with Crippen LogP contribution in [0.4, 0.5) is 5.82 Å². The summed E-state index contributed by atoms with van der Waals surface area (Å²) in [5, 5.41) is 7.43. The monoisotopic (exact) mass is 303 g/mol. The van der Waals surface area contributed by atoms with Crippen LogP contribution >= 0.6 is 27.5 Å². The Labute approximate surface area is 109 Å². The molecule has 2 rings (SSSR count). The third-order valence-electron chi connectivity index (χ3n) is 2.76. The molecule has 5 heteroatoms. The summed E-state index contributed by atoms with van der Waals surface area (Å²) in [5.41, 5.74) is 0. The molecule has 0 spiro atoms. The van der Waals surface area contributed by atoms with Crippen LogP contribution in [0, 0.1) is 0 Å². The number of hydrogen-bond acceptors (Lipinski definition) is 3. The molecule has 1 aromatic heterocycles. The molecule has 2 heterocycles. The molecular weight excluding hydrogens is 289 g/mol. The van der Waals surface area contributed by atoms with Gasteiger partial charge in [-0.2, -0.15) is 0 Å². The van der Waals surface area contributed by atoms with Crippen LogP contribution in [0.25, 0.3) is 0 Å². The van der Waals surface area contributed by atoms with Crippen molar-refractivity contribution in [1.29, 1.82) is 0 Å². The molecule has 0 radical (unpaired) electrons. The molecule has 0 unspecified atom stereocenters. The highest BCUT2D eigenvalue weighted by atomic mass is 79.9. The molecule has 1 atom stereocenters. The van der Waals surface area contributed by atoms with Crippen LogP contribution in [0.15, 0.2) is 16.7 Å². The Morgan fingerprint density at radius 3 is 3.19 bits per heavy atom. The third-order valence-corrected chi connectivity index (χ3v) is 3.57. The van der Waals surface area contributed by atoms with Crippen LogP contribution < -0.4 is 10.6 Å². The zero-order chi connectivity index (χ0) is 11.4. The van der Waals surface area contributed by atoms with Gasteiger partial charge in [0, 0.05) is 18.8 Å². The van der Waals surface area contributed by atoms with E-state index in [-0.39, 0.29) is 0 Å². The highest BCUT2D eigenvalue weighted by Crippen LogP contribution is 2.23. The number of rotatable bonds is 4. The van der Waals surface area contributed by atoms with E-state index in [2.05, 4.69) is 31.5 Å². The van der Waals surface area contributed by atoms with Crippen molar-refractivity contribution < 1.29 is 0 Å². The number of hydrogen-bond donors (Lipinski definition) is 2. The first-order valence-corrected chi connectivity index (χ1v) is 6.71.